The van der Waals surface area contributed by atoms with E-state index < -0.39 is 0 Å². The van der Waals surface area contributed by atoms with Gasteiger partial charge in [-0.1, -0.05) is 29.8 Å². The van der Waals surface area contributed by atoms with Crippen LogP contribution in [0.15, 0.2) is 35.8 Å². The number of hydrogen-bond donors (Lipinski definition) is 2. The summed E-state index contributed by atoms with van der Waals surface area (Å²) < 4.78 is 0. The van der Waals surface area contributed by atoms with Crippen LogP contribution in [-0.4, -0.2) is 22.9 Å². The molecular formula is C22H19ClN4OS2. The largest absolute Gasteiger partial charge is 0.386 e. The normalized spacial score (nSPS) is 13.3. The fourth-order valence-corrected chi connectivity index (χ4v) is 5.94. The molecule has 0 aliphatic heterocycles. The smallest absolute Gasteiger partial charge is 0.269 e. The number of nitrogens with one attached hydrogen (secondary N) is 2. The Morgan fingerprint density at radius 3 is 2.80 bits per heavy atom. The molecule has 0 saturated carbocycles. The Bertz CT molecular complexity index is 1250. The van der Waals surface area contributed by atoms with Crippen LogP contribution in [0.25, 0.3) is 21.3 Å². The standard InChI is InChI=1S/C22H19ClN4OS2/c1-24-18-17-16(12-6-2-4-8-14(12)23)13-7-3-5-9-15(13)26-21(17)30-19(18)20(28)27-22-25-10-11-29-22/h2,4,6,8,10-11,24H,3,5,7,9H2,1H3,(H,25,27,28). The minimum Gasteiger partial charge on any atom is -0.386 e. The quantitative estimate of drug-likeness (QED) is 0.382. The van der Waals surface area contributed by atoms with Crippen LogP contribution in [0.1, 0.15) is 33.8 Å². The first-order chi connectivity index (χ1) is 14.7. The molecule has 5 rings (SSSR count). The van der Waals surface area contributed by atoms with Gasteiger partial charge < -0.3 is 5.32 Å². The molecule has 0 bridgehead atoms. The zero-order valence-corrected chi connectivity index (χ0v) is 18.7. The van der Waals surface area contributed by atoms with Crippen LogP contribution in [0, 0.1) is 0 Å². The molecule has 1 aliphatic carbocycles. The maximum atomic E-state index is 13.1. The van der Waals surface area contributed by atoms with Gasteiger partial charge in [-0.25, -0.2) is 9.97 Å². The van der Waals surface area contributed by atoms with Crippen molar-refractivity contribution in [1.82, 2.24) is 9.97 Å². The first-order valence-corrected chi connectivity index (χ1v) is 11.9. The minimum absolute atomic E-state index is 0.180. The zero-order chi connectivity index (χ0) is 20.7. The van der Waals surface area contributed by atoms with Crippen LogP contribution >= 0.6 is 34.3 Å². The van der Waals surface area contributed by atoms with Gasteiger partial charge in [0.25, 0.3) is 5.91 Å². The van der Waals surface area contributed by atoms with Crippen molar-refractivity contribution in [3.8, 4) is 11.1 Å². The molecule has 0 fully saturated rings. The number of carbonyl (C=O) groups excluding carboxylic acids is 1. The van der Waals surface area contributed by atoms with Crippen molar-refractivity contribution >= 4 is 61.2 Å². The molecular weight excluding hydrogens is 436 g/mol. The van der Waals surface area contributed by atoms with Gasteiger partial charge >= 0.3 is 0 Å². The lowest BCUT2D eigenvalue weighted by molar-refractivity contribution is 0.103. The van der Waals surface area contributed by atoms with E-state index in [1.54, 1.807) is 6.20 Å². The van der Waals surface area contributed by atoms with E-state index in [1.807, 2.05) is 30.6 Å². The third-order valence-corrected chi connectivity index (χ3v) is 7.47. The van der Waals surface area contributed by atoms with Crippen molar-refractivity contribution < 1.29 is 4.79 Å². The van der Waals surface area contributed by atoms with Crippen molar-refractivity contribution in [2.45, 2.75) is 25.7 Å². The average Bonchev–Trinajstić information content (AvgIpc) is 3.40. The van der Waals surface area contributed by atoms with Crippen LogP contribution in [0.2, 0.25) is 5.02 Å². The SMILES string of the molecule is CNc1c(C(=O)Nc2nccs2)sc2nc3c(c(-c4ccccc4Cl)c12)CCCC3. The zero-order valence-electron chi connectivity index (χ0n) is 16.3. The molecule has 1 aliphatic rings. The van der Waals surface area contributed by atoms with Crippen molar-refractivity contribution in [1.29, 1.82) is 0 Å². The number of nitrogens with zero attached hydrogens (tertiary/aromatic N) is 2. The molecule has 2 N–H and O–H groups in total. The van der Waals surface area contributed by atoms with Crippen molar-refractivity contribution in [2.24, 2.45) is 0 Å². The highest BCUT2D eigenvalue weighted by Crippen LogP contribution is 2.46. The number of rotatable bonds is 4. The number of anilines is 2. The maximum absolute atomic E-state index is 13.1. The maximum Gasteiger partial charge on any atom is 0.269 e. The van der Waals surface area contributed by atoms with E-state index in [0.717, 1.165) is 58.4 Å². The lowest BCUT2D eigenvalue weighted by Crippen LogP contribution is -2.12. The number of hydrogen-bond acceptors (Lipinski definition) is 6. The van der Waals surface area contributed by atoms with Gasteiger partial charge in [0.1, 0.15) is 9.71 Å². The third kappa shape index (κ3) is 3.27. The number of amides is 1. The van der Waals surface area contributed by atoms with E-state index in [1.165, 1.54) is 28.2 Å². The number of aryl methyl sites for hydroxylation is 1. The first-order valence-electron chi connectivity index (χ1n) is 9.79. The summed E-state index contributed by atoms with van der Waals surface area (Å²) in [4.78, 5) is 23.7. The Morgan fingerprint density at radius 1 is 1.20 bits per heavy atom. The first kappa shape index (κ1) is 19.5. The average molecular weight is 455 g/mol. The summed E-state index contributed by atoms with van der Waals surface area (Å²) in [6, 6.07) is 7.92. The molecule has 5 nitrogen and oxygen atoms in total. The van der Waals surface area contributed by atoms with Crippen LogP contribution in [0.5, 0.6) is 0 Å². The van der Waals surface area contributed by atoms with Gasteiger partial charge in [0.05, 0.1) is 5.69 Å². The van der Waals surface area contributed by atoms with Crippen LogP contribution in [0.3, 0.4) is 0 Å². The summed E-state index contributed by atoms with van der Waals surface area (Å²) in [6.45, 7) is 0. The number of aromatic nitrogens is 2. The molecule has 3 aromatic heterocycles. The Hall–Kier alpha value is -2.48. The second-order valence-electron chi connectivity index (χ2n) is 7.13. The molecule has 4 aromatic rings. The second-order valence-corrected chi connectivity index (χ2v) is 9.43. The monoisotopic (exact) mass is 454 g/mol. The van der Waals surface area contributed by atoms with E-state index in [9.17, 15) is 4.79 Å². The lowest BCUT2D eigenvalue weighted by Gasteiger charge is -2.21. The van der Waals surface area contributed by atoms with Crippen molar-refractivity contribution in [3.05, 3.63) is 57.0 Å². The predicted octanol–water partition coefficient (Wildman–Crippen LogP) is 6.25. The Labute approximate surface area is 187 Å². The van der Waals surface area contributed by atoms with E-state index in [-0.39, 0.29) is 5.91 Å². The van der Waals surface area contributed by atoms with Crippen molar-refractivity contribution in [2.75, 3.05) is 17.7 Å². The summed E-state index contributed by atoms with van der Waals surface area (Å²) >= 11 is 9.45. The fraction of sp³-hybridized carbons (Fsp3) is 0.227. The highest BCUT2D eigenvalue weighted by atomic mass is 35.5. The number of fused-ring (bicyclic) bond motifs is 2. The van der Waals surface area contributed by atoms with E-state index >= 15 is 0 Å². The summed E-state index contributed by atoms with van der Waals surface area (Å²) in [5.74, 6) is -0.180. The van der Waals surface area contributed by atoms with E-state index in [2.05, 4.69) is 21.7 Å². The third-order valence-electron chi connectivity index (χ3n) is 5.37. The highest BCUT2D eigenvalue weighted by molar-refractivity contribution is 7.21. The van der Waals surface area contributed by atoms with Crippen LogP contribution in [0.4, 0.5) is 10.8 Å². The lowest BCUT2D eigenvalue weighted by atomic mass is 9.87. The number of halogens is 1. The summed E-state index contributed by atoms with van der Waals surface area (Å²) in [5.41, 5.74) is 5.27. The Balaban J connectivity index is 1.77. The number of benzene rings is 1. The highest BCUT2D eigenvalue weighted by Gasteiger charge is 2.27. The predicted molar refractivity (Wildman–Crippen MR) is 126 cm³/mol. The Kier molecular flexibility index (Phi) is 5.18. The number of thiazole rings is 1. The van der Waals surface area contributed by atoms with Gasteiger partial charge in [0.2, 0.25) is 0 Å². The molecule has 0 atom stereocenters. The molecule has 0 unspecified atom stereocenters. The van der Waals surface area contributed by atoms with Gasteiger partial charge in [-0.15, -0.1) is 22.7 Å². The number of thiophene rings is 1. The molecule has 152 valence electrons. The number of carbonyl (C=O) groups is 1. The molecule has 0 spiro atoms. The minimum atomic E-state index is -0.180. The molecule has 1 aromatic carbocycles. The molecule has 30 heavy (non-hydrogen) atoms. The summed E-state index contributed by atoms with van der Waals surface area (Å²) in [5, 5.41) is 10.3. The molecule has 0 saturated heterocycles. The topological polar surface area (TPSA) is 66.9 Å². The number of pyridine rings is 1. The molecule has 1 amide bonds. The van der Waals surface area contributed by atoms with Gasteiger partial charge in [-0.2, -0.15) is 0 Å². The summed E-state index contributed by atoms with van der Waals surface area (Å²) in [7, 11) is 1.84. The van der Waals surface area contributed by atoms with Crippen LogP contribution < -0.4 is 10.6 Å². The Morgan fingerprint density at radius 2 is 2.03 bits per heavy atom. The van der Waals surface area contributed by atoms with Gasteiger partial charge in [-0.3, -0.25) is 10.1 Å². The van der Waals surface area contributed by atoms with Crippen LogP contribution in [-0.2, 0) is 12.8 Å². The van der Waals surface area contributed by atoms with Gasteiger partial charge in [0.15, 0.2) is 5.13 Å². The fourth-order valence-electron chi connectivity index (χ4n) is 4.08. The van der Waals surface area contributed by atoms with E-state index in [0.29, 0.717) is 15.0 Å². The molecule has 8 heteroatoms. The van der Waals surface area contributed by atoms with Gasteiger partial charge in [-0.05, 0) is 37.3 Å². The van der Waals surface area contributed by atoms with Gasteiger partial charge in [0, 0.05) is 45.9 Å². The molecule has 0 radical (unpaired) electrons. The van der Waals surface area contributed by atoms with E-state index in [4.69, 9.17) is 16.6 Å². The van der Waals surface area contributed by atoms with Crippen molar-refractivity contribution in [3.63, 3.8) is 0 Å². The summed E-state index contributed by atoms with van der Waals surface area (Å²) in [6.07, 6.45) is 5.87. The second kappa shape index (κ2) is 7.98. The molecule has 3 heterocycles.